The largest absolute Gasteiger partial charge is 1.00 e. The Bertz CT molecular complexity index is 537. The van der Waals surface area contributed by atoms with Gasteiger partial charge in [-0.15, -0.1) is 0 Å². The third-order valence-electron chi connectivity index (χ3n) is 3.18. The second-order valence-corrected chi connectivity index (χ2v) is 8.97. The number of amides is 2. The summed E-state index contributed by atoms with van der Waals surface area (Å²) in [5, 5.41) is 8.20. The molecule has 0 bridgehead atoms. The Hall–Kier alpha value is 1.16. The minimum Gasteiger partial charge on any atom is -0.778 e. The van der Waals surface area contributed by atoms with Gasteiger partial charge in [-0.2, -0.15) is 0 Å². The van der Waals surface area contributed by atoms with E-state index in [-0.39, 0.29) is 103 Å². The van der Waals surface area contributed by atoms with Gasteiger partial charge in [-0.05, 0) is 19.5 Å². The fraction of sp³-hybridized carbons (Fsp3) is 0.846. The van der Waals surface area contributed by atoms with Crippen molar-refractivity contribution in [3.63, 3.8) is 0 Å². The van der Waals surface area contributed by atoms with Crippen LogP contribution >= 0.6 is 15.2 Å². The molecule has 0 aliphatic heterocycles. The molecule has 2 amide bonds. The maximum atomic E-state index is 11.7. The number of hydrogen-bond acceptors (Lipinski definition) is 8. The molecule has 0 fully saturated rings. The van der Waals surface area contributed by atoms with E-state index in [9.17, 15) is 28.5 Å². The molecule has 0 aromatic rings. The first-order chi connectivity index (χ1) is 12.4. The number of nitrogens with one attached hydrogen (secondary N) is 3. The summed E-state index contributed by atoms with van der Waals surface area (Å²) in [7, 11) is -9.51. The van der Waals surface area contributed by atoms with Crippen LogP contribution in [0.2, 0.25) is 0 Å². The SMILES string of the molecule is CCNCCC(=O)NCCNC(=O)CCCN(CP(=O)([O-])O)CP(=O)([O-])O.[Na+].[Na+]. The fourth-order valence-electron chi connectivity index (χ4n) is 2.11. The Morgan fingerprint density at radius 2 is 1.34 bits per heavy atom. The van der Waals surface area contributed by atoms with Crippen LogP contribution in [0.5, 0.6) is 0 Å². The summed E-state index contributed by atoms with van der Waals surface area (Å²) >= 11 is 0. The standard InChI is InChI=1S/C13H30N4O8P2.2Na/c1-2-14-6-5-13(19)16-8-7-15-12(18)4-3-9-17(10-26(20,21)22)11-27(23,24)25;;/h14H,2-11H2,1H3,(H,15,18)(H,16,19)(H2,20,21,22)(H2,23,24,25);;/q;2*+1/p-2. The molecular weight excluding hydrogens is 448 g/mol. The topological polar surface area (TPSA) is 194 Å². The predicted molar refractivity (Wildman–Crippen MR) is 94.5 cm³/mol. The van der Waals surface area contributed by atoms with Crippen molar-refractivity contribution < 1.29 is 97.4 Å². The molecule has 29 heavy (non-hydrogen) atoms. The van der Waals surface area contributed by atoms with Crippen LogP contribution in [-0.2, 0) is 18.7 Å². The minimum atomic E-state index is -4.75. The summed E-state index contributed by atoms with van der Waals surface area (Å²) in [6, 6.07) is 0. The van der Waals surface area contributed by atoms with Crippen molar-refractivity contribution in [2.45, 2.75) is 26.2 Å². The van der Waals surface area contributed by atoms with Crippen LogP contribution in [-0.4, -0.2) is 71.8 Å². The molecule has 16 heteroatoms. The van der Waals surface area contributed by atoms with Gasteiger partial charge in [0.05, 0.1) is 12.6 Å². The van der Waals surface area contributed by atoms with E-state index >= 15 is 0 Å². The third kappa shape index (κ3) is 25.3. The van der Waals surface area contributed by atoms with Gasteiger partial charge in [-0.1, -0.05) is 6.92 Å². The smallest absolute Gasteiger partial charge is 0.778 e. The van der Waals surface area contributed by atoms with Gasteiger partial charge in [-0.25, -0.2) is 0 Å². The third-order valence-corrected chi connectivity index (χ3v) is 4.70. The second-order valence-electron chi connectivity index (χ2n) is 5.86. The summed E-state index contributed by atoms with van der Waals surface area (Å²) in [5.74, 6) is -0.501. The first-order valence-electron chi connectivity index (χ1n) is 8.45. The first kappa shape index (κ1) is 34.8. The van der Waals surface area contributed by atoms with E-state index in [1.165, 1.54) is 0 Å². The maximum Gasteiger partial charge on any atom is 1.00 e. The molecule has 0 aliphatic rings. The van der Waals surface area contributed by atoms with Crippen LogP contribution in [0.3, 0.4) is 0 Å². The molecule has 0 saturated heterocycles. The predicted octanol–water partition coefficient (Wildman–Crippen LogP) is -8.69. The van der Waals surface area contributed by atoms with Gasteiger partial charge >= 0.3 is 59.1 Å². The van der Waals surface area contributed by atoms with Crippen LogP contribution in [0, 0.1) is 0 Å². The van der Waals surface area contributed by atoms with Crippen LogP contribution in [0.1, 0.15) is 26.2 Å². The van der Waals surface area contributed by atoms with Crippen LogP contribution in [0.4, 0.5) is 0 Å². The monoisotopic (exact) mass is 476 g/mol. The average molecular weight is 476 g/mol. The zero-order valence-electron chi connectivity index (χ0n) is 17.3. The molecule has 0 heterocycles. The van der Waals surface area contributed by atoms with Crippen molar-refractivity contribution in [2.75, 3.05) is 45.3 Å². The number of carbonyl (C=O) groups excluding carboxylic acids is 2. The average Bonchev–Trinajstić information content (AvgIpc) is 2.48. The van der Waals surface area contributed by atoms with Crippen LogP contribution < -0.4 is 84.9 Å². The fourth-order valence-corrected chi connectivity index (χ4v) is 3.77. The molecule has 5 N–H and O–H groups in total. The van der Waals surface area contributed by atoms with Gasteiger partial charge in [0, 0.05) is 32.5 Å². The molecule has 0 spiro atoms. The normalized spacial score (nSPS) is 14.7. The van der Waals surface area contributed by atoms with E-state index in [0.29, 0.717) is 13.0 Å². The van der Waals surface area contributed by atoms with E-state index in [2.05, 4.69) is 16.0 Å². The molecule has 0 saturated carbocycles. The summed E-state index contributed by atoms with van der Waals surface area (Å²) in [6.07, 6.45) is -1.46. The van der Waals surface area contributed by atoms with Gasteiger partial charge in [0.2, 0.25) is 11.8 Å². The van der Waals surface area contributed by atoms with E-state index in [0.717, 1.165) is 11.4 Å². The Labute approximate surface area is 215 Å². The number of rotatable bonds is 15. The number of carbonyl (C=O) groups is 2. The molecule has 0 aromatic carbocycles. The van der Waals surface area contributed by atoms with Gasteiger partial charge in [0.15, 0.2) is 0 Å². The van der Waals surface area contributed by atoms with E-state index in [1.807, 2.05) is 6.92 Å². The molecular formula is C13H28N4Na2O8P2. The molecule has 0 aromatic heterocycles. The Morgan fingerprint density at radius 3 is 1.76 bits per heavy atom. The molecule has 12 nitrogen and oxygen atoms in total. The van der Waals surface area contributed by atoms with Crippen LogP contribution in [0.15, 0.2) is 0 Å². The molecule has 2 unspecified atom stereocenters. The quantitative estimate of drug-likeness (QED) is 0.0861. The molecule has 0 rings (SSSR count). The summed E-state index contributed by atoms with van der Waals surface area (Å²) in [5.41, 5.74) is 0. The summed E-state index contributed by atoms with van der Waals surface area (Å²) in [6.45, 7) is 3.62. The van der Waals surface area contributed by atoms with E-state index < -0.39 is 27.8 Å². The number of nitrogens with zero attached hydrogens (tertiary/aromatic N) is 1. The zero-order valence-corrected chi connectivity index (χ0v) is 23.0. The van der Waals surface area contributed by atoms with Gasteiger partial charge in [0.1, 0.15) is 15.2 Å². The molecule has 2 atom stereocenters. The Kier molecular flexibility index (Phi) is 22.4. The molecule has 0 radical (unpaired) electrons. The minimum absolute atomic E-state index is 0. The van der Waals surface area contributed by atoms with Crippen molar-refractivity contribution in [1.82, 2.24) is 20.9 Å². The Balaban J connectivity index is -0.00000338. The van der Waals surface area contributed by atoms with Crippen LogP contribution in [0.25, 0.3) is 0 Å². The summed E-state index contributed by atoms with van der Waals surface area (Å²) < 4.78 is 21.8. The van der Waals surface area contributed by atoms with Crippen molar-refractivity contribution in [1.29, 1.82) is 0 Å². The van der Waals surface area contributed by atoms with E-state index in [4.69, 9.17) is 9.79 Å². The second kappa shape index (κ2) is 18.7. The number of hydrogen-bond donors (Lipinski definition) is 5. The Morgan fingerprint density at radius 1 is 0.897 bits per heavy atom. The van der Waals surface area contributed by atoms with Gasteiger partial charge in [-0.3, -0.25) is 14.5 Å². The maximum absolute atomic E-state index is 11.7. The zero-order chi connectivity index (χ0) is 20.9. The van der Waals surface area contributed by atoms with Crippen molar-refractivity contribution in [2.24, 2.45) is 0 Å². The van der Waals surface area contributed by atoms with Gasteiger partial charge < -0.3 is 44.7 Å². The molecule has 160 valence electrons. The summed E-state index contributed by atoms with van der Waals surface area (Å²) in [4.78, 5) is 63.3. The van der Waals surface area contributed by atoms with E-state index in [1.54, 1.807) is 0 Å². The van der Waals surface area contributed by atoms with Crippen molar-refractivity contribution in [3.8, 4) is 0 Å². The first-order valence-corrected chi connectivity index (χ1v) is 12.0. The van der Waals surface area contributed by atoms with Crippen molar-refractivity contribution >= 4 is 27.0 Å². The van der Waals surface area contributed by atoms with Gasteiger partial charge in [0.25, 0.3) is 0 Å². The van der Waals surface area contributed by atoms with Crippen molar-refractivity contribution in [3.05, 3.63) is 0 Å². The molecule has 0 aliphatic carbocycles.